The Morgan fingerprint density at radius 2 is 2.22 bits per heavy atom. The highest BCUT2D eigenvalue weighted by atomic mass is 79.9. The number of aryl methyl sites for hydroxylation is 1. The first kappa shape index (κ1) is 13.1. The van der Waals surface area contributed by atoms with Crippen molar-refractivity contribution in [1.29, 1.82) is 0 Å². The smallest absolute Gasteiger partial charge is 0.272 e. The van der Waals surface area contributed by atoms with Gasteiger partial charge in [-0.05, 0) is 34.1 Å². The molecule has 2 aromatic rings. The molecular weight excluding hydrogens is 322 g/mol. The van der Waals surface area contributed by atoms with E-state index in [-0.39, 0.29) is 10.7 Å². The van der Waals surface area contributed by atoms with Gasteiger partial charge in [0.05, 0.1) is 10.7 Å². The first-order valence-electron chi connectivity index (χ1n) is 5.06. The minimum atomic E-state index is -0.638. The summed E-state index contributed by atoms with van der Waals surface area (Å²) in [6.45, 7) is 0. The van der Waals surface area contributed by atoms with Gasteiger partial charge in [-0.2, -0.15) is 0 Å². The Hall–Kier alpha value is -1.33. The van der Waals surface area contributed by atoms with Gasteiger partial charge in [-0.25, -0.2) is 4.39 Å². The standard InChI is InChI=1S/C12H9BrClFN2O/c1-17-6-7(13)5-10(17)12(18)16-9-4-2-3-8(14)11(9)15/h2-6H,1H3,(H,16,18). The number of hydrogen-bond donors (Lipinski definition) is 1. The molecule has 0 spiro atoms. The van der Waals surface area contributed by atoms with Crippen LogP contribution in [-0.2, 0) is 7.05 Å². The lowest BCUT2D eigenvalue weighted by Crippen LogP contribution is -2.16. The van der Waals surface area contributed by atoms with Gasteiger partial charge in [-0.15, -0.1) is 0 Å². The summed E-state index contributed by atoms with van der Waals surface area (Å²) in [6, 6.07) is 6.10. The van der Waals surface area contributed by atoms with Crippen LogP contribution < -0.4 is 5.32 Å². The van der Waals surface area contributed by atoms with Crippen molar-refractivity contribution >= 4 is 39.1 Å². The van der Waals surface area contributed by atoms with Gasteiger partial charge in [0.15, 0.2) is 5.82 Å². The molecule has 18 heavy (non-hydrogen) atoms. The van der Waals surface area contributed by atoms with E-state index in [0.717, 1.165) is 4.47 Å². The topological polar surface area (TPSA) is 34.0 Å². The molecule has 0 saturated heterocycles. The molecule has 1 amide bonds. The molecule has 1 aromatic carbocycles. The molecule has 1 aromatic heterocycles. The highest BCUT2D eigenvalue weighted by Gasteiger charge is 2.14. The van der Waals surface area contributed by atoms with Crippen molar-refractivity contribution in [3.63, 3.8) is 0 Å². The van der Waals surface area contributed by atoms with Crippen LogP contribution in [0, 0.1) is 5.82 Å². The zero-order valence-electron chi connectivity index (χ0n) is 9.38. The molecular formula is C12H9BrClFN2O. The number of carbonyl (C=O) groups excluding carboxylic acids is 1. The molecule has 0 aliphatic carbocycles. The molecule has 0 unspecified atom stereocenters. The number of anilines is 1. The molecule has 2 rings (SSSR count). The third kappa shape index (κ3) is 2.57. The van der Waals surface area contributed by atoms with Gasteiger partial charge in [0, 0.05) is 17.7 Å². The number of hydrogen-bond acceptors (Lipinski definition) is 1. The molecule has 1 N–H and O–H groups in total. The summed E-state index contributed by atoms with van der Waals surface area (Å²) in [6.07, 6.45) is 1.74. The summed E-state index contributed by atoms with van der Waals surface area (Å²) in [7, 11) is 1.73. The maximum Gasteiger partial charge on any atom is 0.272 e. The number of carbonyl (C=O) groups is 1. The van der Waals surface area contributed by atoms with Gasteiger partial charge in [0.2, 0.25) is 0 Å². The highest BCUT2D eigenvalue weighted by molar-refractivity contribution is 9.10. The number of aromatic nitrogens is 1. The molecule has 6 heteroatoms. The number of nitrogens with zero attached hydrogens (tertiary/aromatic N) is 1. The van der Waals surface area contributed by atoms with Crippen LogP contribution in [0.15, 0.2) is 34.9 Å². The molecule has 3 nitrogen and oxygen atoms in total. The average molecular weight is 332 g/mol. The quantitative estimate of drug-likeness (QED) is 0.891. The molecule has 0 fully saturated rings. The van der Waals surface area contributed by atoms with E-state index in [4.69, 9.17) is 11.6 Å². The third-order valence-corrected chi connectivity index (χ3v) is 3.13. The van der Waals surface area contributed by atoms with Crippen LogP contribution in [0.3, 0.4) is 0 Å². The number of amides is 1. The largest absolute Gasteiger partial charge is 0.345 e. The summed E-state index contributed by atoms with van der Waals surface area (Å²) in [5.41, 5.74) is 0.478. The summed E-state index contributed by atoms with van der Waals surface area (Å²) in [5.74, 6) is -1.04. The van der Waals surface area contributed by atoms with Crippen LogP contribution in [0.5, 0.6) is 0 Å². The summed E-state index contributed by atoms with van der Waals surface area (Å²) < 4.78 is 16.0. The van der Waals surface area contributed by atoms with Crippen LogP contribution in [0.4, 0.5) is 10.1 Å². The second kappa shape index (κ2) is 5.12. The molecule has 0 atom stereocenters. The molecule has 0 aliphatic rings. The van der Waals surface area contributed by atoms with E-state index in [1.165, 1.54) is 12.1 Å². The number of benzene rings is 1. The van der Waals surface area contributed by atoms with Crippen molar-refractivity contribution in [2.45, 2.75) is 0 Å². The molecule has 1 heterocycles. The summed E-state index contributed by atoms with van der Waals surface area (Å²) in [5, 5.41) is 2.45. The van der Waals surface area contributed by atoms with E-state index in [1.807, 2.05) is 0 Å². The minimum absolute atomic E-state index is 0.0270. The Balaban J connectivity index is 2.27. The lowest BCUT2D eigenvalue weighted by atomic mass is 10.3. The van der Waals surface area contributed by atoms with E-state index in [2.05, 4.69) is 21.2 Å². The number of halogens is 3. The fourth-order valence-electron chi connectivity index (χ4n) is 1.54. The maximum absolute atomic E-state index is 13.6. The Morgan fingerprint density at radius 3 is 2.83 bits per heavy atom. The maximum atomic E-state index is 13.6. The number of nitrogens with one attached hydrogen (secondary N) is 1. The van der Waals surface area contributed by atoms with Crippen molar-refractivity contribution in [2.24, 2.45) is 7.05 Å². The van der Waals surface area contributed by atoms with Crippen molar-refractivity contribution in [3.05, 3.63) is 51.5 Å². The Kier molecular flexibility index (Phi) is 3.73. The van der Waals surface area contributed by atoms with Gasteiger partial charge in [-0.3, -0.25) is 4.79 Å². The third-order valence-electron chi connectivity index (χ3n) is 2.40. The Labute approximate surface area is 117 Å². The number of rotatable bonds is 2. The van der Waals surface area contributed by atoms with E-state index < -0.39 is 11.7 Å². The molecule has 0 radical (unpaired) electrons. The van der Waals surface area contributed by atoms with Gasteiger partial charge in [0.1, 0.15) is 5.69 Å². The zero-order valence-corrected chi connectivity index (χ0v) is 11.7. The lowest BCUT2D eigenvalue weighted by Gasteiger charge is -2.07. The van der Waals surface area contributed by atoms with E-state index in [1.54, 1.807) is 29.9 Å². The summed E-state index contributed by atoms with van der Waals surface area (Å²) in [4.78, 5) is 11.9. The van der Waals surface area contributed by atoms with Crippen LogP contribution in [0.25, 0.3) is 0 Å². The molecule has 0 saturated carbocycles. The predicted octanol–water partition coefficient (Wildman–Crippen LogP) is 3.83. The SMILES string of the molecule is Cn1cc(Br)cc1C(=O)Nc1cccc(Cl)c1F. The fraction of sp³-hybridized carbons (Fsp3) is 0.0833. The molecule has 0 bridgehead atoms. The van der Waals surface area contributed by atoms with Crippen LogP contribution in [0.1, 0.15) is 10.5 Å². The zero-order chi connectivity index (χ0) is 13.3. The molecule has 94 valence electrons. The lowest BCUT2D eigenvalue weighted by molar-refractivity contribution is 0.101. The average Bonchev–Trinajstić information content (AvgIpc) is 2.64. The van der Waals surface area contributed by atoms with Crippen molar-refractivity contribution in [3.8, 4) is 0 Å². The minimum Gasteiger partial charge on any atom is -0.345 e. The Morgan fingerprint density at radius 1 is 1.50 bits per heavy atom. The van der Waals surface area contributed by atoms with Crippen molar-refractivity contribution in [1.82, 2.24) is 4.57 Å². The second-order valence-corrected chi connectivity index (χ2v) is 5.03. The molecule has 0 aliphatic heterocycles. The monoisotopic (exact) mass is 330 g/mol. The van der Waals surface area contributed by atoms with Gasteiger partial charge < -0.3 is 9.88 Å². The predicted molar refractivity (Wildman–Crippen MR) is 72.5 cm³/mol. The Bertz CT molecular complexity index is 612. The second-order valence-electron chi connectivity index (χ2n) is 3.71. The van der Waals surface area contributed by atoms with Crippen molar-refractivity contribution < 1.29 is 9.18 Å². The first-order chi connectivity index (χ1) is 8.49. The van der Waals surface area contributed by atoms with Crippen molar-refractivity contribution in [2.75, 3.05) is 5.32 Å². The van der Waals surface area contributed by atoms with Crippen LogP contribution in [-0.4, -0.2) is 10.5 Å². The first-order valence-corrected chi connectivity index (χ1v) is 6.23. The van der Waals surface area contributed by atoms with Gasteiger partial charge in [-0.1, -0.05) is 17.7 Å². The van der Waals surface area contributed by atoms with Crippen LogP contribution >= 0.6 is 27.5 Å². The van der Waals surface area contributed by atoms with E-state index >= 15 is 0 Å². The van der Waals surface area contributed by atoms with Gasteiger partial charge >= 0.3 is 0 Å². The summed E-state index contributed by atoms with van der Waals surface area (Å²) >= 11 is 8.91. The van der Waals surface area contributed by atoms with Crippen LogP contribution in [0.2, 0.25) is 5.02 Å². The van der Waals surface area contributed by atoms with E-state index in [0.29, 0.717) is 5.69 Å². The van der Waals surface area contributed by atoms with Gasteiger partial charge in [0.25, 0.3) is 5.91 Å². The normalized spacial score (nSPS) is 10.4. The highest BCUT2D eigenvalue weighted by Crippen LogP contribution is 2.23. The fourth-order valence-corrected chi connectivity index (χ4v) is 2.24. The van der Waals surface area contributed by atoms with E-state index in [9.17, 15) is 9.18 Å².